The first-order valence-electron chi connectivity index (χ1n) is 13.7. The van der Waals surface area contributed by atoms with E-state index >= 15 is 0 Å². The minimum absolute atomic E-state index is 0.141. The van der Waals surface area contributed by atoms with Gasteiger partial charge in [-0.05, 0) is 79.3 Å². The third kappa shape index (κ3) is 7.29. The number of urea groups is 1. The van der Waals surface area contributed by atoms with E-state index < -0.39 is 12.2 Å². The lowest BCUT2D eigenvalue weighted by atomic mass is 10.1. The van der Waals surface area contributed by atoms with Crippen LogP contribution in [0.5, 0.6) is 17.4 Å². The summed E-state index contributed by atoms with van der Waals surface area (Å²) < 4.78 is 25.4. The van der Waals surface area contributed by atoms with Crippen molar-refractivity contribution in [3.63, 3.8) is 0 Å². The van der Waals surface area contributed by atoms with Gasteiger partial charge in [-0.3, -0.25) is 0 Å². The van der Waals surface area contributed by atoms with E-state index in [1.807, 2.05) is 30.3 Å². The van der Waals surface area contributed by atoms with Crippen LogP contribution in [0.15, 0.2) is 84.8 Å². The molecule has 5 rings (SSSR count). The van der Waals surface area contributed by atoms with Gasteiger partial charge in [0.25, 0.3) is 0 Å². The highest BCUT2D eigenvalue weighted by Gasteiger charge is 2.14. The Morgan fingerprint density at radius 3 is 2.54 bits per heavy atom. The summed E-state index contributed by atoms with van der Waals surface area (Å²) in [5.74, 6) is 1.78. The Balaban J connectivity index is 1.21. The van der Waals surface area contributed by atoms with E-state index in [0.29, 0.717) is 35.3 Å². The molecular weight excluding hydrogens is 523 g/mol. The van der Waals surface area contributed by atoms with Crippen molar-refractivity contribution in [3.8, 4) is 28.6 Å². The number of ether oxygens (including phenoxy) is 2. The van der Waals surface area contributed by atoms with Gasteiger partial charge in [-0.15, -0.1) is 0 Å². The number of aromatic amines is 1. The summed E-state index contributed by atoms with van der Waals surface area (Å²) >= 11 is 0. The molecule has 2 aromatic carbocycles. The molecule has 10 heteroatoms. The molecule has 3 N–H and O–H groups in total. The van der Waals surface area contributed by atoms with Crippen LogP contribution >= 0.6 is 0 Å². The highest BCUT2D eigenvalue weighted by atomic mass is 19.1. The van der Waals surface area contributed by atoms with Crippen molar-refractivity contribution in [2.45, 2.75) is 26.4 Å². The summed E-state index contributed by atoms with van der Waals surface area (Å²) in [7, 11) is 0. The number of fused-ring (bicyclic) bond motifs is 1. The molecule has 4 aromatic rings. The Bertz CT molecular complexity index is 1530. The number of rotatable bonds is 11. The number of carbonyl (C=O) groups excluding carboxylic acids is 1. The van der Waals surface area contributed by atoms with E-state index in [9.17, 15) is 9.18 Å². The number of nitrogens with zero attached hydrogens (tertiary/aromatic N) is 3. The van der Waals surface area contributed by atoms with E-state index in [0.717, 1.165) is 42.0 Å². The summed E-state index contributed by atoms with van der Waals surface area (Å²) in [5, 5.41) is 6.15. The van der Waals surface area contributed by atoms with Crippen molar-refractivity contribution in [1.29, 1.82) is 0 Å². The van der Waals surface area contributed by atoms with Crippen LogP contribution in [0.2, 0.25) is 0 Å². The Kier molecular flexibility index (Phi) is 8.90. The Morgan fingerprint density at radius 1 is 1.05 bits per heavy atom. The molecule has 1 aliphatic rings. The predicted molar refractivity (Wildman–Crippen MR) is 158 cm³/mol. The van der Waals surface area contributed by atoms with Crippen LogP contribution in [0.1, 0.15) is 20.3 Å². The van der Waals surface area contributed by atoms with E-state index in [1.165, 1.54) is 12.4 Å². The fraction of sp³-hybridized carbons (Fsp3) is 0.258. The number of alkyl halides is 1. The molecule has 0 bridgehead atoms. The Morgan fingerprint density at radius 2 is 1.80 bits per heavy atom. The molecule has 0 radical (unpaired) electrons. The zero-order chi connectivity index (χ0) is 28.6. The summed E-state index contributed by atoms with van der Waals surface area (Å²) in [5.41, 5.74) is 3.61. The number of hydrogen-bond acceptors (Lipinski definition) is 6. The molecule has 2 amide bonds. The van der Waals surface area contributed by atoms with Crippen LogP contribution in [0.4, 0.5) is 14.9 Å². The van der Waals surface area contributed by atoms with Crippen molar-refractivity contribution in [3.05, 3.63) is 84.8 Å². The Hall–Kier alpha value is -4.70. The molecule has 1 unspecified atom stereocenters. The predicted octanol–water partition coefficient (Wildman–Crippen LogP) is 6.44. The van der Waals surface area contributed by atoms with Crippen LogP contribution in [-0.4, -0.2) is 58.3 Å². The molecule has 0 aliphatic heterocycles. The molecular formula is C31H33FN6O3. The molecule has 212 valence electrons. The standard InChI is InChI=1S/C31H33FN6O3/c1-3-38(4-2)16-17-40-25-12-8-21(9-13-25)28-19-27-29(37-28)33-20-34-30(27)41-26-14-10-23(11-15-26)35-31(39)36-24-7-5-6-22(32)18-24/h5-15,19-20,22H,3-4,16-18H2,1-2H3,(H,33,34,37)(H2,35,36,39). The number of likely N-dealkylation sites (N-methyl/N-ethyl adjacent to an activating group) is 1. The molecule has 0 saturated carbocycles. The molecule has 2 heterocycles. The molecule has 0 spiro atoms. The van der Waals surface area contributed by atoms with Crippen molar-refractivity contribution < 1.29 is 18.7 Å². The fourth-order valence-corrected chi connectivity index (χ4v) is 4.47. The first-order valence-corrected chi connectivity index (χ1v) is 13.7. The lowest BCUT2D eigenvalue weighted by Crippen LogP contribution is -2.29. The molecule has 1 atom stereocenters. The molecule has 2 aromatic heterocycles. The zero-order valence-electron chi connectivity index (χ0n) is 23.1. The second-order valence-corrected chi connectivity index (χ2v) is 9.53. The minimum atomic E-state index is -1.09. The van der Waals surface area contributed by atoms with Crippen LogP contribution in [0, 0.1) is 0 Å². The van der Waals surface area contributed by atoms with Crippen LogP contribution < -0.4 is 20.1 Å². The van der Waals surface area contributed by atoms with Gasteiger partial charge in [-0.25, -0.2) is 19.2 Å². The van der Waals surface area contributed by atoms with Crippen molar-refractivity contribution in [2.24, 2.45) is 0 Å². The van der Waals surface area contributed by atoms with Gasteiger partial charge in [-0.1, -0.05) is 26.0 Å². The fourth-order valence-electron chi connectivity index (χ4n) is 4.47. The number of allylic oxidation sites excluding steroid dienone is 4. The maximum atomic E-state index is 13.5. The van der Waals surface area contributed by atoms with Crippen molar-refractivity contribution in [2.75, 3.05) is 31.6 Å². The number of benzene rings is 2. The maximum Gasteiger partial charge on any atom is 0.323 e. The van der Waals surface area contributed by atoms with Gasteiger partial charge < -0.3 is 30.0 Å². The van der Waals surface area contributed by atoms with E-state index in [1.54, 1.807) is 36.4 Å². The molecule has 9 nitrogen and oxygen atoms in total. The summed E-state index contributed by atoms with van der Waals surface area (Å²) in [6.45, 7) is 7.85. The Labute approximate surface area is 238 Å². The monoisotopic (exact) mass is 556 g/mol. The first-order chi connectivity index (χ1) is 20.0. The maximum absolute atomic E-state index is 13.5. The van der Waals surface area contributed by atoms with Crippen LogP contribution in [-0.2, 0) is 0 Å². The molecule has 1 aliphatic carbocycles. The lowest BCUT2D eigenvalue weighted by molar-refractivity contribution is 0.223. The van der Waals surface area contributed by atoms with Gasteiger partial charge in [0.2, 0.25) is 5.88 Å². The SMILES string of the molecule is CCN(CC)CCOc1ccc(-c2cc3c(Oc4ccc(NC(=O)NC5=CC=CC(F)C5)cc4)ncnc3[nH]2)cc1. The average molecular weight is 557 g/mol. The van der Waals surface area contributed by atoms with E-state index in [4.69, 9.17) is 9.47 Å². The highest BCUT2D eigenvalue weighted by Crippen LogP contribution is 2.31. The number of H-pyrrole nitrogens is 1. The van der Waals surface area contributed by atoms with Gasteiger partial charge in [0.15, 0.2) is 0 Å². The molecule has 41 heavy (non-hydrogen) atoms. The summed E-state index contributed by atoms with van der Waals surface area (Å²) in [6, 6.07) is 16.3. The average Bonchev–Trinajstić information content (AvgIpc) is 3.42. The number of carbonyl (C=O) groups is 1. The number of hydrogen-bond donors (Lipinski definition) is 3. The minimum Gasteiger partial charge on any atom is -0.492 e. The largest absolute Gasteiger partial charge is 0.492 e. The quantitative estimate of drug-likeness (QED) is 0.196. The first kappa shape index (κ1) is 27.9. The van der Waals surface area contributed by atoms with Crippen LogP contribution in [0.25, 0.3) is 22.3 Å². The van der Waals surface area contributed by atoms with Gasteiger partial charge in [0.05, 0.1) is 5.39 Å². The van der Waals surface area contributed by atoms with Gasteiger partial charge in [0, 0.05) is 30.0 Å². The third-order valence-electron chi connectivity index (χ3n) is 6.76. The number of anilines is 1. The van der Waals surface area contributed by atoms with Crippen molar-refractivity contribution in [1.82, 2.24) is 25.2 Å². The summed E-state index contributed by atoms with van der Waals surface area (Å²) in [6.07, 6.45) is 5.21. The number of halogens is 1. The summed E-state index contributed by atoms with van der Waals surface area (Å²) in [4.78, 5) is 26.6. The number of amides is 2. The zero-order valence-corrected chi connectivity index (χ0v) is 23.1. The second kappa shape index (κ2) is 13.1. The number of nitrogens with one attached hydrogen (secondary N) is 3. The van der Waals surface area contributed by atoms with E-state index in [-0.39, 0.29) is 6.42 Å². The van der Waals surface area contributed by atoms with E-state index in [2.05, 4.69) is 44.3 Å². The number of aromatic nitrogens is 3. The van der Waals surface area contributed by atoms with Gasteiger partial charge in [0.1, 0.15) is 36.3 Å². The highest BCUT2D eigenvalue weighted by molar-refractivity contribution is 5.90. The molecule has 0 saturated heterocycles. The third-order valence-corrected chi connectivity index (χ3v) is 6.76. The lowest BCUT2D eigenvalue weighted by Gasteiger charge is -2.18. The van der Waals surface area contributed by atoms with Gasteiger partial charge >= 0.3 is 6.03 Å². The van der Waals surface area contributed by atoms with Crippen LogP contribution in [0.3, 0.4) is 0 Å². The van der Waals surface area contributed by atoms with Crippen molar-refractivity contribution >= 4 is 22.8 Å². The molecule has 0 fully saturated rings. The smallest absolute Gasteiger partial charge is 0.323 e. The normalized spacial score (nSPS) is 14.6. The second-order valence-electron chi connectivity index (χ2n) is 9.53. The van der Waals surface area contributed by atoms with Gasteiger partial charge in [-0.2, -0.15) is 0 Å². The topological polar surface area (TPSA) is 104 Å².